The molecule has 1 aromatic heterocycles. The number of hydrogen-bond acceptors (Lipinski definition) is 1. The lowest BCUT2D eigenvalue weighted by molar-refractivity contribution is 0.536. The van der Waals surface area contributed by atoms with E-state index in [1.807, 2.05) is 22.9 Å². The Balaban J connectivity index is 2.53. The van der Waals surface area contributed by atoms with Crippen LogP contribution in [0.25, 0.3) is 11.3 Å². The molecular formula is C12H13BrN2. The number of benzene rings is 1. The second-order valence-corrected chi connectivity index (χ2v) is 4.57. The molecule has 2 aromatic rings. The maximum atomic E-state index is 4.42. The molecule has 0 radical (unpaired) electrons. The molecule has 3 heteroatoms. The van der Waals surface area contributed by atoms with Gasteiger partial charge in [0.1, 0.15) is 4.60 Å². The third-order valence-corrected chi connectivity index (χ3v) is 2.65. The zero-order valence-corrected chi connectivity index (χ0v) is 10.4. The average molecular weight is 265 g/mol. The summed E-state index contributed by atoms with van der Waals surface area (Å²) in [6.07, 6.45) is 0. The molecule has 1 heterocycles. The van der Waals surface area contributed by atoms with Crippen molar-refractivity contribution in [2.75, 3.05) is 0 Å². The fourth-order valence-corrected chi connectivity index (χ4v) is 1.97. The van der Waals surface area contributed by atoms with E-state index in [0.717, 1.165) is 10.3 Å². The van der Waals surface area contributed by atoms with Crippen molar-refractivity contribution in [3.8, 4) is 11.3 Å². The van der Waals surface area contributed by atoms with Gasteiger partial charge in [-0.2, -0.15) is 5.10 Å². The maximum absolute atomic E-state index is 4.42. The SMILES string of the molecule is CC(C)n1nc(Br)cc1-c1ccccc1. The van der Waals surface area contributed by atoms with E-state index in [9.17, 15) is 0 Å². The average Bonchev–Trinajstić information content (AvgIpc) is 2.62. The molecule has 0 saturated heterocycles. The van der Waals surface area contributed by atoms with Crippen LogP contribution in [0.4, 0.5) is 0 Å². The van der Waals surface area contributed by atoms with E-state index >= 15 is 0 Å². The van der Waals surface area contributed by atoms with Gasteiger partial charge >= 0.3 is 0 Å². The van der Waals surface area contributed by atoms with Crippen LogP contribution >= 0.6 is 15.9 Å². The normalized spacial score (nSPS) is 10.9. The summed E-state index contributed by atoms with van der Waals surface area (Å²) in [5.74, 6) is 0. The fourth-order valence-electron chi connectivity index (χ4n) is 1.58. The van der Waals surface area contributed by atoms with E-state index in [-0.39, 0.29) is 0 Å². The Labute approximate surface area is 98.1 Å². The molecular weight excluding hydrogens is 252 g/mol. The van der Waals surface area contributed by atoms with Crippen molar-refractivity contribution in [1.82, 2.24) is 9.78 Å². The summed E-state index contributed by atoms with van der Waals surface area (Å²) in [6.45, 7) is 4.26. The Morgan fingerprint density at radius 1 is 1.20 bits per heavy atom. The summed E-state index contributed by atoms with van der Waals surface area (Å²) >= 11 is 3.42. The molecule has 0 amide bonds. The number of hydrogen-bond donors (Lipinski definition) is 0. The highest BCUT2D eigenvalue weighted by Crippen LogP contribution is 2.25. The second-order valence-electron chi connectivity index (χ2n) is 3.76. The largest absolute Gasteiger partial charge is 0.261 e. The first kappa shape index (κ1) is 10.4. The van der Waals surface area contributed by atoms with Crippen LogP contribution in [0.2, 0.25) is 0 Å². The van der Waals surface area contributed by atoms with Gasteiger partial charge in [0.25, 0.3) is 0 Å². The lowest BCUT2D eigenvalue weighted by Gasteiger charge is -2.10. The first-order valence-corrected chi connectivity index (χ1v) is 5.78. The molecule has 2 rings (SSSR count). The van der Waals surface area contributed by atoms with Gasteiger partial charge in [-0.25, -0.2) is 0 Å². The number of nitrogens with zero attached hydrogens (tertiary/aromatic N) is 2. The van der Waals surface area contributed by atoms with Crippen LogP contribution in [0, 0.1) is 0 Å². The molecule has 0 aliphatic carbocycles. The molecule has 0 aliphatic heterocycles. The van der Waals surface area contributed by atoms with Crippen LogP contribution in [-0.4, -0.2) is 9.78 Å². The van der Waals surface area contributed by atoms with Gasteiger partial charge in [0.05, 0.1) is 5.69 Å². The molecule has 0 aliphatic rings. The molecule has 2 nitrogen and oxygen atoms in total. The molecule has 15 heavy (non-hydrogen) atoms. The number of rotatable bonds is 2. The van der Waals surface area contributed by atoms with Gasteiger partial charge in [0.2, 0.25) is 0 Å². The van der Waals surface area contributed by atoms with Gasteiger partial charge in [0, 0.05) is 6.04 Å². The molecule has 0 fully saturated rings. The summed E-state index contributed by atoms with van der Waals surface area (Å²) < 4.78 is 2.91. The Hall–Kier alpha value is -1.09. The van der Waals surface area contributed by atoms with Gasteiger partial charge in [-0.1, -0.05) is 30.3 Å². The molecule has 0 spiro atoms. The lowest BCUT2D eigenvalue weighted by Crippen LogP contribution is -2.04. The summed E-state index contributed by atoms with van der Waals surface area (Å²) in [6, 6.07) is 12.7. The maximum Gasteiger partial charge on any atom is 0.128 e. The molecule has 0 bridgehead atoms. The van der Waals surface area contributed by atoms with Crippen LogP contribution in [0.5, 0.6) is 0 Å². The molecule has 0 N–H and O–H groups in total. The Morgan fingerprint density at radius 3 is 2.47 bits per heavy atom. The fraction of sp³-hybridized carbons (Fsp3) is 0.250. The predicted octanol–water partition coefficient (Wildman–Crippen LogP) is 3.89. The topological polar surface area (TPSA) is 17.8 Å². The van der Waals surface area contributed by atoms with Crippen LogP contribution in [0.3, 0.4) is 0 Å². The van der Waals surface area contributed by atoms with Crippen LogP contribution in [0.15, 0.2) is 41.0 Å². The summed E-state index contributed by atoms with van der Waals surface area (Å²) in [5.41, 5.74) is 2.35. The van der Waals surface area contributed by atoms with Gasteiger partial charge in [-0.15, -0.1) is 0 Å². The van der Waals surface area contributed by atoms with Gasteiger partial charge in [0.15, 0.2) is 0 Å². The number of aromatic nitrogens is 2. The van der Waals surface area contributed by atoms with Gasteiger partial charge < -0.3 is 0 Å². The quantitative estimate of drug-likeness (QED) is 0.805. The second kappa shape index (κ2) is 4.19. The van der Waals surface area contributed by atoms with E-state index in [0.29, 0.717) is 6.04 Å². The molecule has 1 aromatic carbocycles. The minimum Gasteiger partial charge on any atom is -0.261 e. The summed E-state index contributed by atoms with van der Waals surface area (Å²) in [5, 5.41) is 4.42. The Morgan fingerprint density at radius 2 is 1.87 bits per heavy atom. The van der Waals surface area contributed by atoms with Crippen LogP contribution in [-0.2, 0) is 0 Å². The lowest BCUT2D eigenvalue weighted by atomic mass is 10.1. The van der Waals surface area contributed by atoms with E-state index < -0.39 is 0 Å². The zero-order chi connectivity index (χ0) is 10.8. The van der Waals surface area contributed by atoms with E-state index in [1.165, 1.54) is 5.56 Å². The first-order valence-electron chi connectivity index (χ1n) is 4.99. The third-order valence-electron chi connectivity index (χ3n) is 2.26. The van der Waals surface area contributed by atoms with Crippen molar-refractivity contribution in [3.05, 3.63) is 41.0 Å². The molecule has 78 valence electrons. The zero-order valence-electron chi connectivity index (χ0n) is 8.81. The van der Waals surface area contributed by atoms with E-state index in [4.69, 9.17) is 0 Å². The monoisotopic (exact) mass is 264 g/mol. The third kappa shape index (κ3) is 2.12. The van der Waals surface area contributed by atoms with Crippen molar-refractivity contribution >= 4 is 15.9 Å². The summed E-state index contributed by atoms with van der Waals surface area (Å²) in [4.78, 5) is 0. The van der Waals surface area contributed by atoms with Gasteiger partial charge in [-0.3, -0.25) is 4.68 Å². The highest BCUT2D eigenvalue weighted by Gasteiger charge is 2.10. The molecule has 0 atom stereocenters. The van der Waals surface area contributed by atoms with E-state index in [2.05, 4.69) is 53.1 Å². The van der Waals surface area contributed by atoms with Crippen LogP contribution < -0.4 is 0 Å². The Bertz CT molecular complexity index is 446. The standard InChI is InChI=1S/C12H13BrN2/c1-9(2)15-11(8-12(13)14-15)10-6-4-3-5-7-10/h3-9H,1-2H3. The highest BCUT2D eigenvalue weighted by molar-refractivity contribution is 9.10. The number of halogens is 1. The van der Waals surface area contributed by atoms with Crippen molar-refractivity contribution in [1.29, 1.82) is 0 Å². The van der Waals surface area contributed by atoms with Crippen molar-refractivity contribution < 1.29 is 0 Å². The first-order chi connectivity index (χ1) is 7.18. The van der Waals surface area contributed by atoms with Gasteiger partial charge in [-0.05, 0) is 41.4 Å². The van der Waals surface area contributed by atoms with Crippen molar-refractivity contribution in [2.24, 2.45) is 0 Å². The molecule has 0 saturated carbocycles. The summed E-state index contributed by atoms with van der Waals surface area (Å²) in [7, 11) is 0. The van der Waals surface area contributed by atoms with E-state index in [1.54, 1.807) is 0 Å². The highest BCUT2D eigenvalue weighted by atomic mass is 79.9. The van der Waals surface area contributed by atoms with Crippen molar-refractivity contribution in [3.63, 3.8) is 0 Å². The predicted molar refractivity (Wildman–Crippen MR) is 65.7 cm³/mol. The molecule has 0 unspecified atom stereocenters. The smallest absolute Gasteiger partial charge is 0.128 e. The Kier molecular flexibility index (Phi) is 2.91. The minimum absolute atomic E-state index is 0.367. The van der Waals surface area contributed by atoms with Crippen molar-refractivity contribution in [2.45, 2.75) is 19.9 Å². The van der Waals surface area contributed by atoms with Crippen LogP contribution in [0.1, 0.15) is 19.9 Å². The minimum atomic E-state index is 0.367.